The Morgan fingerprint density at radius 2 is 2.00 bits per heavy atom. The Morgan fingerprint density at radius 3 is 2.67 bits per heavy atom. The summed E-state index contributed by atoms with van der Waals surface area (Å²) in [4.78, 5) is 0. The molecule has 1 aliphatic rings. The molecule has 0 radical (unpaired) electrons. The van der Waals surface area contributed by atoms with Crippen LogP contribution in [0.1, 0.15) is 37.7 Å². The standard InChI is InChI=1S/C13H17ClO/c14-12-5-3-4-11(10-12)6-9-13(15)7-1-2-8-13/h3-5,10,15H,1-2,6-9H2. The van der Waals surface area contributed by atoms with E-state index in [4.69, 9.17) is 11.6 Å². The van der Waals surface area contributed by atoms with E-state index in [9.17, 15) is 5.11 Å². The Kier molecular flexibility index (Phi) is 3.32. The molecule has 1 aromatic carbocycles. The molecule has 1 aromatic rings. The predicted octanol–water partition coefficient (Wildman–Crippen LogP) is 3.58. The fraction of sp³-hybridized carbons (Fsp3) is 0.538. The SMILES string of the molecule is OC1(CCc2cccc(Cl)c2)CCCC1. The molecular weight excluding hydrogens is 208 g/mol. The summed E-state index contributed by atoms with van der Waals surface area (Å²) in [5, 5.41) is 11.0. The van der Waals surface area contributed by atoms with Gasteiger partial charge >= 0.3 is 0 Å². The smallest absolute Gasteiger partial charge is 0.0651 e. The fourth-order valence-electron chi connectivity index (χ4n) is 2.35. The Labute approximate surface area is 96.1 Å². The molecule has 0 amide bonds. The number of benzene rings is 1. The molecule has 0 atom stereocenters. The minimum atomic E-state index is -0.400. The highest BCUT2D eigenvalue weighted by atomic mass is 35.5. The zero-order valence-electron chi connectivity index (χ0n) is 8.88. The van der Waals surface area contributed by atoms with Gasteiger partial charge in [-0.1, -0.05) is 36.6 Å². The first kappa shape index (κ1) is 11.0. The third-order valence-corrected chi connectivity index (χ3v) is 3.54. The molecule has 0 unspecified atom stereocenters. The third-order valence-electron chi connectivity index (χ3n) is 3.30. The van der Waals surface area contributed by atoms with Gasteiger partial charge in [0.15, 0.2) is 0 Å². The minimum absolute atomic E-state index is 0.400. The number of aryl methyl sites for hydroxylation is 1. The number of hydrogen-bond acceptors (Lipinski definition) is 1. The molecule has 0 aromatic heterocycles. The van der Waals surface area contributed by atoms with Crippen LogP contribution in [0.5, 0.6) is 0 Å². The van der Waals surface area contributed by atoms with Crippen molar-refractivity contribution < 1.29 is 5.11 Å². The number of rotatable bonds is 3. The first-order valence-corrected chi connectivity index (χ1v) is 6.03. The van der Waals surface area contributed by atoms with Crippen molar-refractivity contribution in [3.05, 3.63) is 34.9 Å². The van der Waals surface area contributed by atoms with Gasteiger partial charge in [-0.2, -0.15) is 0 Å². The van der Waals surface area contributed by atoms with Gasteiger partial charge in [-0.3, -0.25) is 0 Å². The van der Waals surface area contributed by atoms with Gasteiger partial charge in [0.2, 0.25) is 0 Å². The second kappa shape index (κ2) is 4.54. The lowest BCUT2D eigenvalue weighted by Crippen LogP contribution is -2.24. The van der Waals surface area contributed by atoms with Crippen LogP contribution in [-0.2, 0) is 6.42 Å². The van der Waals surface area contributed by atoms with E-state index in [2.05, 4.69) is 6.07 Å². The van der Waals surface area contributed by atoms with E-state index < -0.39 is 5.60 Å². The monoisotopic (exact) mass is 224 g/mol. The van der Waals surface area contributed by atoms with Gasteiger partial charge in [-0.05, 0) is 43.4 Å². The first-order valence-electron chi connectivity index (χ1n) is 5.65. The predicted molar refractivity (Wildman–Crippen MR) is 63.2 cm³/mol. The molecule has 2 heteroatoms. The highest BCUT2D eigenvalue weighted by Crippen LogP contribution is 2.33. The second-order valence-electron chi connectivity index (χ2n) is 4.56. The van der Waals surface area contributed by atoms with Crippen molar-refractivity contribution in [1.82, 2.24) is 0 Å². The molecule has 15 heavy (non-hydrogen) atoms. The Balaban J connectivity index is 1.92. The van der Waals surface area contributed by atoms with Gasteiger partial charge in [-0.25, -0.2) is 0 Å². The Morgan fingerprint density at radius 1 is 1.27 bits per heavy atom. The maximum absolute atomic E-state index is 10.2. The number of halogens is 1. The molecule has 0 saturated heterocycles. The van der Waals surface area contributed by atoms with E-state index in [1.54, 1.807) is 0 Å². The normalized spacial score (nSPS) is 19.3. The maximum Gasteiger partial charge on any atom is 0.0651 e. The van der Waals surface area contributed by atoms with Crippen LogP contribution in [0, 0.1) is 0 Å². The van der Waals surface area contributed by atoms with Crippen molar-refractivity contribution in [3.63, 3.8) is 0 Å². The van der Waals surface area contributed by atoms with E-state index in [1.807, 2.05) is 18.2 Å². The van der Waals surface area contributed by atoms with Crippen LogP contribution in [0.15, 0.2) is 24.3 Å². The molecule has 1 saturated carbocycles. The molecule has 1 N–H and O–H groups in total. The minimum Gasteiger partial charge on any atom is -0.390 e. The molecule has 1 aliphatic carbocycles. The van der Waals surface area contributed by atoms with Crippen LogP contribution in [0.2, 0.25) is 5.02 Å². The highest BCUT2D eigenvalue weighted by Gasteiger charge is 2.30. The summed E-state index contributed by atoms with van der Waals surface area (Å²) in [6.07, 6.45) is 6.07. The first-order chi connectivity index (χ1) is 7.18. The van der Waals surface area contributed by atoms with E-state index in [-0.39, 0.29) is 0 Å². The van der Waals surface area contributed by atoms with Gasteiger partial charge in [0.05, 0.1) is 5.60 Å². The molecule has 82 valence electrons. The van der Waals surface area contributed by atoms with Crippen molar-refractivity contribution in [3.8, 4) is 0 Å². The fourth-order valence-corrected chi connectivity index (χ4v) is 2.57. The van der Waals surface area contributed by atoms with Crippen molar-refractivity contribution in [1.29, 1.82) is 0 Å². The van der Waals surface area contributed by atoms with Crippen molar-refractivity contribution >= 4 is 11.6 Å². The maximum atomic E-state index is 10.2. The van der Waals surface area contributed by atoms with Gasteiger partial charge in [0, 0.05) is 5.02 Å². The van der Waals surface area contributed by atoms with E-state index >= 15 is 0 Å². The van der Waals surface area contributed by atoms with Crippen LogP contribution in [0.4, 0.5) is 0 Å². The van der Waals surface area contributed by atoms with Crippen LogP contribution < -0.4 is 0 Å². The average Bonchev–Trinajstić information content (AvgIpc) is 2.63. The number of aliphatic hydroxyl groups is 1. The Bertz CT molecular complexity index is 329. The molecule has 1 fully saturated rings. The zero-order valence-corrected chi connectivity index (χ0v) is 9.63. The lowest BCUT2D eigenvalue weighted by atomic mass is 9.93. The summed E-state index contributed by atoms with van der Waals surface area (Å²) in [6.45, 7) is 0. The quantitative estimate of drug-likeness (QED) is 0.832. The van der Waals surface area contributed by atoms with Crippen molar-refractivity contribution in [2.45, 2.75) is 44.1 Å². The third kappa shape index (κ3) is 2.96. The van der Waals surface area contributed by atoms with Gasteiger partial charge in [0.1, 0.15) is 0 Å². The van der Waals surface area contributed by atoms with Crippen LogP contribution >= 0.6 is 11.6 Å². The number of hydrogen-bond donors (Lipinski definition) is 1. The van der Waals surface area contributed by atoms with Crippen LogP contribution in [-0.4, -0.2) is 10.7 Å². The van der Waals surface area contributed by atoms with E-state index in [1.165, 1.54) is 18.4 Å². The highest BCUT2D eigenvalue weighted by molar-refractivity contribution is 6.30. The molecule has 2 rings (SSSR count). The second-order valence-corrected chi connectivity index (χ2v) is 5.00. The molecule has 0 bridgehead atoms. The summed E-state index contributed by atoms with van der Waals surface area (Å²) < 4.78 is 0. The van der Waals surface area contributed by atoms with E-state index in [0.717, 1.165) is 30.7 Å². The summed E-state index contributed by atoms with van der Waals surface area (Å²) in [6, 6.07) is 7.91. The van der Waals surface area contributed by atoms with Crippen LogP contribution in [0.25, 0.3) is 0 Å². The van der Waals surface area contributed by atoms with Crippen molar-refractivity contribution in [2.24, 2.45) is 0 Å². The largest absolute Gasteiger partial charge is 0.390 e. The molecule has 0 aliphatic heterocycles. The van der Waals surface area contributed by atoms with Crippen LogP contribution in [0.3, 0.4) is 0 Å². The van der Waals surface area contributed by atoms with Gasteiger partial charge < -0.3 is 5.11 Å². The molecule has 1 nitrogen and oxygen atoms in total. The van der Waals surface area contributed by atoms with Crippen molar-refractivity contribution in [2.75, 3.05) is 0 Å². The van der Waals surface area contributed by atoms with E-state index in [0.29, 0.717) is 0 Å². The summed E-state index contributed by atoms with van der Waals surface area (Å²) in [5.74, 6) is 0. The molecule has 0 spiro atoms. The summed E-state index contributed by atoms with van der Waals surface area (Å²) in [7, 11) is 0. The topological polar surface area (TPSA) is 20.2 Å². The molecule has 0 heterocycles. The average molecular weight is 225 g/mol. The lowest BCUT2D eigenvalue weighted by molar-refractivity contribution is 0.0391. The summed E-state index contributed by atoms with van der Waals surface area (Å²) in [5.41, 5.74) is 0.824. The lowest BCUT2D eigenvalue weighted by Gasteiger charge is -2.21. The summed E-state index contributed by atoms with van der Waals surface area (Å²) >= 11 is 5.91. The van der Waals surface area contributed by atoms with Gasteiger partial charge in [0.25, 0.3) is 0 Å². The zero-order chi connectivity index (χ0) is 10.7. The van der Waals surface area contributed by atoms with Gasteiger partial charge in [-0.15, -0.1) is 0 Å². The Hall–Kier alpha value is -0.530. The molecular formula is C13H17ClO.